The van der Waals surface area contributed by atoms with Crippen molar-refractivity contribution >= 4 is 23.2 Å². The number of carbonyl (C=O) groups is 2. The van der Waals surface area contributed by atoms with Crippen LogP contribution >= 0.6 is 0 Å². The molecule has 0 saturated heterocycles. The van der Waals surface area contributed by atoms with Gasteiger partial charge in [-0.15, -0.1) is 4.57 Å². The summed E-state index contributed by atoms with van der Waals surface area (Å²) in [5.41, 5.74) is 1.66. The van der Waals surface area contributed by atoms with Crippen LogP contribution in [0.25, 0.3) is 5.65 Å². The number of aromatic nitrogens is 2. The van der Waals surface area contributed by atoms with E-state index in [1.807, 2.05) is 0 Å². The highest BCUT2D eigenvalue weighted by molar-refractivity contribution is 5.96. The average Bonchev–Trinajstić information content (AvgIpc) is 3.23. The monoisotopic (exact) mass is 477 g/mol. The molecule has 0 radical (unpaired) electrons. The van der Waals surface area contributed by atoms with Crippen LogP contribution in [-0.4, -0.2) is 35.2 Å². The molecule has 4 aromatic rings. The Kier molecular flexibility index (Phi) is 6.81. The summed E-state index contributed by atoms with van der Waals surface area (Å²) in [7, 11) is 1.56. The molecule has 4 rings (SSSR count). The Morgan fingerprint density at radius 3 is 2.51 bits per heavy atom. The number of esters is 1. The second-order valence-corrected chi connectivity index (χ2v) is 7.70. The van der Waals surface area contributed by atoms with Crippen LogP contribution in [0.2, 0.25) is 0 Å². The lowest BCUT2D eigenvalue weighted by atomic mass is 10.1. The summed E-state index contributed by atoms with van der Waals surface area (Å²) < 4.78 is 22.2. The van der Waals surface area contributed by atoms with E-state index in [9.17, 15) is 14.4 Å². The van der Waals surface area contributed by atoms with Crippen LogP contribution in [0.5, 0.6) is 11.5 Å². The molecule has 1 N–H and O–H groups in total. The molecule has 0 bridgehead atoms. The average molecular weight is 477 g/mol. The minimum absolute atomic E-state index is 0.194. The summed E-state index contributed by atoms with van der Waals surface area (Å²) in [5.74, 6) is 0.726. The lowest BCUT2D eigenvalue weighted by Gasteiger charge is -2.12. The van der Waals surface area contributed by atoms with E-state index in [0.717, 1.165) is 10.1 Å². The van der Waals surface area contributed by atoms with Crippen molar-refractivity contribution < 1.29 is 28.3 Å². The molecule has 2 heterocycles. The number of carbonyl (C=O) groups excluding carboxylic acids is 2. The van der Waals surface area contributed by atoms with Crippen LogP contribution in [-0.2, 0) is 16.1 Å². The third-order valence-corrected chi connectivity index (χ3v) is 5.05. The van der Waals surface area contributed by atoms with Gasteiger partial charge < -0.3 is 24.1 Å². The number of aryl methyl sites for hydroxylation is 2. The summed E-state index contributed by atoms with van der Waals surface area (Å²) in [4.78, 5) is 41.3. The van der Waals surface area contributed by atoms with Crippen molar-refractivity contribution in [3.05, 3.63) is 87.5 Å². The van der Waals surface area contributed by atoms with Gasteiger partial charge in [0.15, 0.2) is 12.3 Å². The molecule has 0 fully saturated rings. The Morgan fingerprint density at radius 2 is 1.77 bits per heavy atom. The number of rotatable bonds is 8. The Morgan fingerprint density at radius 1 is 1.03 bits per heavy atom. The third-order valence-electron chi connectivity index (χ3n) is 5.05. The number of benzene rings is 2. The first-order chi connectivity index (χ1) is 16.8. The molecule has 0 aliphatic heterocycles. The van der Waals surface area contributed by atoms with Crippen LogP contribution in [0.3, 0.4) is 0 Å². The molecule has 0 unspecified atom stereocenters. The van der Waals surface area contributed by atoms with Gasteiger partial charge in [-0.05, 0) is 55.8 Å². The largest absolute Gasteiger partial charge is 0.497 e. The van der Waals surface area contributed by atoms with Crippen LogP contribution in [0.4, 0.5) is 5.69 Å². The van der Waals surface area contributed by atoms with E-state index in [1.165, 1.54) is 12.1 Å². The number of hydrogen-bond donors (Lipinski definition) is 1. The summed E-state index contributed by atoms with van der Waals surface area (Å²) in [6.07, 6.45) is 0. The third kappa shape index (κ3) is 5.67. The molecular weight excluding hydrogens is 454 g/mol. The maximum atomic E-state index is 12.6. The number of fused-ring (bicyclic) bond motifs is 1. The van der Waals surface area contributed by atoms with Gasteiger partial charge in [-0.2, -0.15) is 0 Å². The number of nitrogens with one attached hydrogen (secondary N) is 1. The molecule has 2 aromatic carbocycles. The van der Waals surface area contributed by atoms with E-state index in [-0.39, 0.29) is 24.7 Å². The Labute approximate surface area is 200 Å². The van der Waals surface area contributed by atoms with Crippen molar-refractivity contribution in [3.63, 3.8) is 0 Å². The smallest absolute Gasteiger partial charge is 0.338 e. The molecule has 0 aliphatic rings. The Balaban J connectivity index is 1.37. The Bertz CT molecular complexity index is 1440. The van der Waals surface area contributed by atoms with Crippen LogP contribution in [0, 0.1) is 13.8 Å². The summed E-state index contributed by atoms with van der Waals surface area (Å²) in [6.45, 7) is 3.10. The summed E-state index contributed by atoms with van der Waals surface area (Å²) in [5, 5.41) is 2.74. The lowest BCUT2D eigenvalue weighted by molar-refractivity contribution is -0.118. The first kappa shape index (κ1) is 23.6. The number of ether oxygens (including phenoxy) is 3. The molecule has 180 valence electrons. The van der Waals surface area contributed by atoms with E-state index in [0.29, 0.717) is 34.3 Å². The van der Waals surface area contributed by atoms with E-state index >= 15 is 0 Å². The van der Waals surface area contributed by atoms with E-state index in [1.54, 1.807) is 63.4 Å². The molecule has 2 aromatic heterocycles. The minimum atomic E-state index is -0.625. The van der Waals surface area contributed by atoms with Gasteiger partial charge in [0, 0.05) is 17.8 Å². The topological polar surface area (TPSA) is 121 Å². The van der Waals surface area contributed by atoms with Crippen LogP contribution < -0.4 is 20.3 Å². The zero-order valence-corrected chi connectivity index (χ0v) is 19.4. The molecule has 1 amide bonds. The number of methoxy groups -OCH3 is 1. The van der Waals surface area contributed by atoms with Gasteiger partial charge in [0.1, 0.15) is 23.9 Å². The zero-order chi connectivity index (χ0) is 24.9. The van der Waals surface area contributed by atoms with Gasteiger partial charge in [0.25, 0.3) is 11.5 Å². The maximum Gasteiger partial charge on any atom is 0.338 e. The second kappa shape index (κ2) is 10.1. The van der Waals surface area contributed by atoms with Crippen molar-refractivity contribution in [1.29, 1.82) is 0 Å². The SMILES string of the molecule is COc1ccc(OCC(=O)Nc2cc(C(=O)OCc3cc(=O)n4oc(C)cc4n3)ccc2C)cc1. The van der Waals surface area contributed by atoms with Crippen LogP contribution in [0.15, 0.2) is 63.9 Å². The van der Waals surface area contributed by atoms with Crippen LogP contribution in [0.1, 0.15) is 27.4 Å². The fraction of sp³-hybridized carbons (Fsp3) is 0.200. The predicted molar refractivity (Wildman–Crippen MR) is 126 cm³/mol. The molecule has 0 aliphatic carbocycles. The van der Waals surface area contributed by atoms with Gasteiger partial charge in [0.05, 0.1) is 18.4 Å². The number of hydrogen-bond acceptors (Lipinski definition) is 8. The summed E-state index contributed by atoms with van der Waals surface area (Å²) in [6, 6.07) is 14.5. The molecule has 10 nitrogen and oxygen atoms in total. The molecule has 35 heavy (non-hydrogen) atoms. The van der Waals surface area contributed by atoms with Gasteiger partial charge in [-0.1, -0.05) is 6.07 Å². The van der Waals surface area contributed by atoms with E-state index in [4.69, 9.17) is 18.7 Å². The van der Waals surface area contributed by atoms with Gasteiger partial charge in [0.2, 0.25) is 0 Å². The van der Waals surface area contributed by atoms with Crippen molar-refractivity contribution in [3.8, 4) is 11.5 Å². The van der Waals surface area contributed by atoms with Crippen molar-refractivity contribution in [2.75, 3.05) is 19.0 Å². The zero-order valence-electron chi connectivity index (χ0n) is 19.4. The Hall–Kier alpha value is -4.60. The molecular formula is C25H23N3O7. The number of anilines is 1. The highest BCUT2D eigenvalue weighted by Gasteiger charge is 2.14. The first-order valence-corrected chi connectivity index (χ1v) is 10.7. The lowest BCUT2D eigenvalue weighted by Crippen LogP contribution is -2.21. The van der Waals surface area contributed by atoms with E-state index < -0.39 is 11.5 Å². The maximum absolute atomic E-state index is 12.6. The molecule has 10 heteroatoms. The fourth-order valence-corrected chi connectivity index (χ4v) is 3.26. The first-order valence-electron chi connectivity index (χ1n) is 10.7. The second-order valence-electron chi connectivity index (χ2n) is 7.70. The molecule has 0 saturated carbocycles. The fourth-order valence-electron chi connectivity index (χ4n) is 3.26. The predicted octanol–water partition coefficient (Wildman–Crippen LogP) is 3.29. The molecule has 0 spiro atoms. The normalized spacial score (nSPS) is 10.7. The minimum Gasteiger partial charge on any atom is -0.497 e. The number of nitrogens with zero attached hydrogens (tertiary/aromatic N) is 2. The quantitative estimate of drug-likeness (QED) is 0.384. The summed E-state index contributed by atoms with van der Waals surface area (Å²) >= 11 is 0. The standard InChI is InChI=1S/C25H23N3O7/c1-15-4-5-17(11-21(15)27-23(29)14-33-20-8-6-19(32-3)7-9-20)25(31)34-13-18-12-24(30)28-22(26-18)10-16(2)35-28/h4-12H,13-14H2,1-3H3,(H,27,29). The molecule has 0 atom stereocenters. The van der Waals surface area contributed by atoms with Crippen molar-refractivity contribution in [2.45, 2.75) is 20.5 Å². The van der Waals surface area contributed by atoms with Crippen molar-refractivity contribution in [1.82, 2.24) is 9.56 Å². The van der Waals surface area contributed by atoms with E-state index in [2.05, 4.69) is 10.3 Å². The highest BCUT2D eigenvalue weighted by atomic mass is 16.5. The van der Waals surface area contributed by atoms with Gasteiger partial charge in [-0.25, -0.2) is 9.78 Å². The highest BCUT2D eigenvalue weighted by Crippen LogP contribution is 2.19. The number of amides is 1. The van der Waals surface area contributed by atoms with Gasteiger partial charge >= 0.3 is 5.97 Å². The van der Waals surface area contributed by atoms with Crippen molar-refractivity contribution in [2.24, 2.45) is 0 Å². The van der Waals surface area contributed by atoms with Gasteiger partial charge in [-0.3, -0.25) is 9.59 Å².